The lowest BCUT2D eigenvalue weighted by atomic mass is 10.2. The van der Waals surface area contributed by atoms with Crippen molar-refractivity contribution in [2.75, 3.05) is 10.6 Å². The zero-order chi connectivity index (χ0) is 19.3. The van der Waals surface area contributed by atoms with Crippen molar-refractivity contribution in [2.24, 2.45) is 0 Å². The largest absolute Gasteiger partial charge is 0.360 e. The molecule has 2 aromatic carbocycles. The number of aryl methyl sites for hydroxylation is 1. The summed E-state index contributed by atoms with van der Waals surface area (Å²) in [7, 11) is 0. The Labute approximate surface area is 161 Å². The molecule has 0 unspecified atom stereocenters. The normalized spacial score (nSPS) is 10.3. The third kappa shape index (κ3) is 3.97. The van der Waals surface area contributed by atoms with Crippen LogP contribution in [0.3, 0.4) is 0 Å². The lowest BCUT2D eigenvalue weighted by molar-refractivity contribution is 0.400. The van der Waals surface area contributed by atoms with Gasteiger partial charge in [0.05, 0.1) is 11.6 Å². The summed E-state index contributed by atoms with van der Waals surface area (Å²) in [6.45, 7) is 1.82. The van der Waals surface area contributed by atoms with Crippen LogP contribution in [0.15, 0.2) is 71.3 Å². The summed E-state index contributed by atoms with van der Waals surface area (Å²) in [5.74, 6) is 2.98. The van der Waals surface area contributed by atoms with Crippen molar-refractivity contribution in [3.8, 4) is 17.5 Å². The van der Waals surface area contributed by atoms with Crippen LogP contribution >= 0.6 is 0 Å². The fourth-order valence-corrected chi connectivity index (χ4v) is 2.66. The van der Waals surface area contributed by atoms with Gasteiger partial charge in [0.2, 0.25) is 0 Å². The maximum Gasteiger partial charge on any atom is 0.175 e. The average Bonchev–Trinajstić information content (AvgIpc) is 3.13. The highest BCUT2D eigenvalue weighted by Gasteiger charge is 2.09. The maximum absolute atomic E-state index is 9.10. The number of rotatable bonds is 5. The summed E-state index contributed by atoms with van der Waals surface area (Å²) in [6, 6.07) is 22.6. The van der Waals surface area contributed by atoms with Gasteiger partial charge in [-0.1, -0.05) is 41.6 Å². The second kappa shape index (κ2) is 7.60. The molecule has 7 heteroatoms. The lowest BCUT2D eigenvalue weighted by Gasteiger charge is -2.11. The number of nitriles is 1. The van der Waals surface area contributed by atoms with Crippen LogP contribution in [0.2, 0.25) is 0 Å². The van der Waals surface area contributed by atoms with E-state index in [1.165, 1.54) is 0 Å². The van der Waals surface area contributed by atoms with Gasteiger partial charge < -0.3 is 15.2 Å². The first-order valence-electron chi connectivity index (χ1n) is 8.62. The van der Waals surface area contributed by atoms with Crippen molar-refractivity contribution in [3.63, 3.8) is 0 Å². The van der Waals surface area contributed by atoms with Crippen LogP contribution in [-0.4, -0.2) is 15.1 Å². The van der Waals surface area contributed by atoms with Gasteiger partial charge in [-0.3, -0.25) is 0 Å². The molecule has 136 valence electrons. The van der Waals surface area contributed by atoms with Gasteiger partial charge in [0.15, 0.2) is 11.6 Å². The Bertz CT molecular complexity index is 1150. The molecule has 2 heterocycles. The van der Waals surface area contributed by atoms with E-state index in [-0.39, 0.29) is 0 Å². The minimum absolute atomic E-state index is 0.560. The van der Waals surface area contributed by atoms with Gasteiger partial charge in [-0.2, -0.15) is 5.26 Å². The molecular weight excluding hydrogens is 352 g/mol. The summed E-state index contributed by atoms with van der Waals surface area (Å²) in [5.41, 5.74) is 2.22. The average molecular weight is 368 g/mol. The topological polar surface area (TPSA) is 99.7 Å². The van der Waals surface area contributed by atoms with E-state index < -0.39 is 0 Å². The highest BCUT2D eigenvalue weighted by atomic mass is 16.5. The molecule has 0 saturated heterocycles. The highest BCUT2D eigenvalue weighted by Crippen LogP contribution is 2.25. The van der Waals surface area contributed by atoms with Gasteiger partial charge in [0, 0.05) is 23.4 Å². The SMILES string of the molecule is Cc1cc(Nc2cc(Nc3cccc(C#N)c3)nc(-c3ccccc3)n2)no1. The molecule has 0 bridgehead atoms. The molecule has 0 aliphatic heterocycles. The molecule has 0 radical (unpaired) electrons. The Hall–Kier alpha value is -4.18. The summed E-state index contributed by atoms with van der Waals surface area (Å²) >= 11 is 0. The third-order valence-corrected chi connectivity index (χ3v) is 3.91. The van der Waals surface area contributed by atoms with Crippen molar-refractivity contribution in [2.45, 2.75) is 6.92 Å². The zero-order valence-corrected chi connectivity index (χ0v) is 15.0. The number of hydrogen-bond acceptors (Lipinski definition) is 7. The number of anilines is 4. The molecule has 4 rings (SSSR count). The van der Waals surface area contributed by atoms with Crippen molar-refractivity contribution in [1.29, 1.82) is 5.26 Å². The third-order valence-electron chi connectivity index (χ3n) is 3.91. The smallest absolute Gasteiger partial charge is 0.175 e. The van der Waals surface area contributed by atoms with E-state index in [4.69, 9.17) is 9.78 Å². The molecule has 2 N–H and O–H groups in total. The molecule has 28 heavy (non-hydrogen) atoms. The number of aromatic nitrogens is 3. The molecule has 0 spiro atoms. The van der Waals surface area contributed by atoms with Crippen LogP contribution in [0.5, 0.6) is 0 Å². The quantitative estimate of drug-likeness (QED) is 0.522. The molecule has 0 aliphatic rings. The van der Waals surface area contributed by atoms with Gasteiger partial charge in [0.25, 0.3) is 0 Å². The minimum atomic E-state index is 0.560. The van der Waals surface area contributed by atoms with Gasteiger partial charge >= 0.3 is 0 Å². The second-order valence-electron chi connectivity index (χ2n) is 6.09. The second-order valence-corrected chi connectivity index (χ2v) is 6.09. The first-order chi connectivity index (χ1) is 13.7. The Kier molecular flexibility index (Phi) is 4.68. The van der Waals surface area contributed by atoms with E-state index in [0.717, 1.165) is 11.3 Å². The molecule has 4 aromatic rings. The van der Waals surface area contributed by atoms with Gasteiger partial charge in [0.1, 0.15) is 17.4 Å². The number of benzene rings is 2. The minimum Gasteiger partial charge on any atom is -0.360 e. The van der Waals surface area contributed by atoms with E-state index in [1.54, 1.807) is 24.3 Å². The Balaban J connectivity index is 1.71. The predicted octanol–water partition coefficient (Wildman–Crippen LogP) is 4.80. The summed E-state index contributed by atoms with van der Waals surface area (Å²) < 4.78 is 5.10. The summed E-state index contributed by atoms with van der Waals surface area (Å²) in [6.07, 6.45) is 0. The van der Waals surface area contributed by atoms with Crippen molar-refractivity contribution in [1.82, 2.24) is 15.1 Å². The van der Waals surface area contributed by atoms with E-state index in [9.17, 15) is 0 Å². The number of nitrogens with one attached hydrogen (secondary N) is 2. The van der Waals surface area contributed by atoms with E-state index >= 15 is 0 Å². The van der Waals surface area contributed by atoms with Crippen LogP contribution in [0.4, 0.5) is 23.1 Å². The first kappa shape index (κ1) is 17.2. The predicted molar refractivity (Wildman–Crippen MR) is 106 cm³/mol. The van der Waals surface area contributed by atoms with E-state index in [0.29, 0.717) is 34.6 Å². The standard InChI is InChI=1S/C21H16N6O/c1-14-10-20(27-28-14)24-19-12-18(23-17-9-5-6-15(11-17)13-22)25-21(26-19)16-7-3-2-4-8-16/h2-12H,1H3,(H2,23,24,25,26,27). The summed E-state index contributed by atoms with van der Waals surface area (Å²) in [5, 5.41) is 19.4. The van der Waals surface area contributed by atoms with Gasteiger partial charge in [-0.15, -0.1) is 0 Å². The zero-order valence-electron chi connectivity index (χ0n) is 15.0. The molecule has 0 atom stereocenters. The van der Waals surface area contributed by atoms with Gasteiger partial charge in [-0.05, 0) is 25.1 Å². The van der Waals surface area contributed by atoms with Crippen LogP contribution in [0, 0.1) is 18.3 Å². The number of hydrogen-bond donors (Lipinski definition) is 2. The van der Waals surface area contributed by atoms with Crippen molar-refractivity contribution >= 4 is 23.1 Å². The lowest BCUT2D eigenvalue weighted by Crippen LogP contribution is -2.02. The highest BCUT2D eigenvalue weighted by molar-refractivity contribution is 5.67. The van der Waals surface area contributed by atoms with Crippen molar-refractivity contribution < 1.29 is 4.52 Å². The molecule has 7 nitrogen and oxygen atoms in total. The Morgan fingerprint density at radius 1 is 0.857 bits per heavy atom. The summed E-state index contributed by atoms with van der Waals surface area (Å²) in [4.78, 5) is 9.20. The Morgan fingerprint density at radius 2 is 1.64 bits per heavy atom. The molecule has 0 aliphatic carbocycles. The van der Waals surface area contributed by atoms with E-state index in [1.807, 2.05) is 49.4 Å². The fraction of sp³-hybridized carbons (Fsp3) is 0.0476. The molecular formula is C21H16N6O. The van der Waals surface area contributed by atoms with Gasteiger partial charge in [-0.25, -0.2) is 9.97 Å². The molecule has 0 saturated carbocycles. The molecule has 2 aromatic heterocycles. The number of nitrogens with zero attached hydrogens (tertiary/aromatic N) is 4. The maximum atomic E-state index is 9.10. The molecule has 0 amide bonds. The van der Waals surface area contributed by atoms with Crippen LogP contribution in [0.1, 0.15) is 11.3 Å². The van der Waals surface area contributed by atoms with Crippen LogP contribution in [-0.2, 0) is 0 Å². The fourth-order valence-electron chi connectivity index (χ4n) is 2.66. The van der Waals surface area contributed by atoms with Crippen molar-refractivity contribution in [3.05, 3.63) is 78.1 Å². The molecule has 0 fully saturated rings. The van der Waals surface area contributed by atoms with Crippen LogP contribution in [0.25, 0.3) is 11.4 Å². The first-order valence-corrected chi connectivity index (χ1v) is 8.62. The van der Waals surface area contributed by atoms with Crippen LogP contribution < -0.4 is 10.6 Å². The van der Waals surface area contributed by atoms with E-state index in [2.05, 4.69) is 31.8 Å². The Morgan fingerprint density at radius 3 is 2.36 bits per heavy atom. The monoisotopic (exact) mass is 368 g/mol.